The average Bonchev–Trinajstić information content (AvgIpc) is 3.10. The van der Waals surface area contributed by atoms with Gasteiger partial charge in [-0.2, -0.15) is 0 Å². The zero-order chi connectivity index (χ0) is 20.7. The molecule has 30 heavy (non-hydrogen) atoms. The molecular weight excluding hydrogens is 372 g/mol. The van der Waals surface area contributed by atoms with Crippen LogP contribution in [0.5, 0.6) is 0 Å². The molecule has 2 aromatic carbocycles. The molecule has 154 valence electrons. The first kappa shape index (κ1) is 19.1. The number of hydrogen-bond donors (Lipinski definition) is 1. The quantitative estimate of drug-likeness (QED) is 0.727. The second-order valence-electron chi connectivity index (χ2n) is 8.66. The maximum absolute atomic E-state index is 13.3. The molecule has 0 aliphatic carbocycles. The third-order valence-electron chi connectivity index (χ3n) is 6.64. The van der Waals surface area contributed by atoms with Crippen molar-refractivity contribution in [2.45, 2.75) is 32.4 Å². The molecular formula is C25H28N4O. The van der Waals surface area contributed by atoms with Gasteiger partial charge in [0.05, 0.1) is 11.1 Å². The number of carbonyl (C=O) groups is 1. The van der Waals surface area contributed by atoms with Crippen LogP contribution in [0, 0.1) is 5.92 Å². The Bertz CT molecular complexity index is 1100. The van der Waals surface area contributed by atoms with Crippen LogP contribution in [0.3, 0.4) is 0 Å². The van der Waals surface area contributed by atoms with Gasteiger partial charge in [0.15, 0.2) is 0 Å². The van der Waals surface area contributed by atoms with E-state index in [9.17, 15) is 4.79 Å². The van der Waals surface area contributed by atoms with Crippen molar-refractivity contribution in [2.75, 3.05) is 24.5 Å². The van der Waals surface area contributed by atoms with E-state index in [0.717, 1.165) is 59.3 Å². The lowest BCUT2D eigenvalue weighted by atomic mass is 9.93. The highest BCUT2D eigenvalue weighted by Gasteiger charge is 2.33. The third kappa shape index (κ3) is 3.43. The molecule has 3 heterocycles. The zero-order valence-corrected chi connectivity index (χ0v) is 17.4. The fraction of sp³-hybridized carbons (Fsp3) is 0.360. The van der Waals surface area contributed by atoms with Gasteiger partial charge in [-0.3, -0.25) is 9.78 Å². The second-order valence-corrected chi connectivity index (χ2v) is 8.66. The van der Waals surface area contributed by atoms with E-state index in [0.29, 0.717) is 19.0 Å². The lowest BCUT2D eigenvalue weighted by Crippen LogP contribution is -2.48. The van der Waals surface area contributed by atoms with Crippen LogP contribution in [0.1, 0.15) is 35.0 Å². The SMILES string of the molecule is CC1CCN(c2cccc3c2C(=O)N(CCc2ccc4ccccc4n2)C3)CC1N. The molecule has 5 heteroatoms. The molecule has 2 aliphatic heterocycles. The number of fused-ring (bicyclic) bond motifs is 2. The minimum absolute atomic E-state index is 0.133. The van der Waals surface area contributed by atoms with E-state index in [-0.39, 0.29) is 11.9 Å². The van der Waals surface area contributed by atoms with Crippen LogP contribution in [0.25, 0.3) is 10.9 Å². The summed E-state index contributed by atoms with van der Waals surface area (Å²) in [5.74, 6) is 0.660. The Hall–Kier alpha value is -2.92. The van der Waals surface area contributed by atoms with Crippen LogP contribution < -0.4 is 10.6 Å². The molecule has 0 saturated carbocycles. The van der Waals surface area contributed by atoms with Crippen molar-refractivity contribution < 1.29 is 4.79 Å². The summed E-state index contributed by atoms with van der Waals surface area (Å²) in [5, 5.41) is 1.14. The predicted molar refractivity (Wildman–Crippen MR) is 121 cm³/mol. The number of pyridine rings is 1. The average molecular weight is 401 g/mol. The molecule has 2 N–H and O–H groups in total. The van der Waals surface area contributed by atoms with Gasteiger partial charge in [0.25, 0.3) is 5.91 Å². The number of aromatic nitrogens is 1. The number of anilines is 1. The number of nitrogens with two attached hydrogens (primary N) is 1. The molecule has 1 aromatic heterocycles. The highest BCUT2D eigenvalue weighted by atomic mass is 16.2. The van der Waals surface area contributed by atoms with Gasteiger partial charge in [-0.15, -0.1) is 0 Å². The number of hydrogen-bond acceptors (Lipinski definition) is 4. The standard InChI is InChI=1S/C25H28N4O/c1-17-11-13-28(16-21(17)26)23-8-4-6-19-15-29(25(30)24(19)23)14-12-20-10-9-18-5-2-3-7-22(18)27-20/h2-10,17,21H,11-16,26H2,1H3. The van der Waals surface area contributed by atoms with Crippen molar-refractivity contribution in [3.8, 4) is 0 Å². The lowest BCUT2D eigenvalue weighted by molar-refractivity contribution is 0.0780. The van der Waals surface area contributed by atoms with Crippen LogP contribution in [0.2, 0.25) is 0 Å². The molecule has 1 fully saturated rings. The monoisotopic (exact) mass is 400 g/mol. The topological polar surface area (TPSA) is 62.5 Å². The highest BCUT2D eigenvalue weighted by Crippen LogP contribution is 2.33. The Balaban J connectivity index is 1.32. The number of nitrogens with zero attached hydrogens (tertiary/aromatic N) is 3. The van der Waals surface area contributed by atoms with E-state index in [1.807, 2.05) is 23.1 Å². The first-order valence-corrected chi connectivity index (χ1v) is 10.9. The van der Waals surface area contributed by atoms with Crippen molar-refractivity contribution in [3.63, 3.8) is 0 Å². The van der Waals surface area contributed by atoms with E-state index in [1.165, 1.54) is 0 Å². The van der Waals surface area contributed by atoms with Gasteiger partial charge >= 0.3 is 0 Å². The Labute approximate surface area is 177 Å². The summed E-state index contributed by atoms with van der Waals surface area (Å²) in [5.41, 5.74) is 11.4. The van der Waals surface area contributed by atoms with Crippen molar-refractivity contribution in [1.29, 1.82) is 0 Å². The zero-order valence-electron chi connectivity index (χ0n) is 17.4. The van der Waals surface area contributed by atoms with Gasteiger partial charge in [-0.05, 0) is 36.1 Å². The first-order chi connectivity index (χ1) is 14.6. The lowest BCUT2D eigenvalue weighted by Gasteiger charge is -2.37. The molecule has 0 bridgehead atoms. The summed E-state index contributed by atoms with van der Waals surface area (Å²) in [6, 6.07) is 18.7. The van der Waals surface area contributed by atoms with Gasteiger partial charge in [0.2, 0.25) is 0 Å². The first-order valence-electron chi connectivity index (χ1n) is 10.9. The Morgan fingerprint density at radius 3 is 2.83 bits per heavy atom. The summed E-state index contributed by atoms with van der Waals surface area (Å²) in [6.45, 7) is 5.33. The molecule has 1 amide bonds. The maximum atomic E-state index is 13.3. The number of piperidine rings is 1. The summed E-state index contributed by atoms with van der Waals surface area (Å²) < 4.78 is 0. The molecule has 0 spiro atoms. The number of carbonyl (C=O) groups excluding carboxylic acids is 1. The molecule has 2 unspecified atom stereocenters. The van der Waals surface area contributed by atoms with Gasteiger partial charge in [0.1, 0.15) is 0 Å². The summed E-state index contributed by atoms with van der Waals surface area (Å²) in [6.07, 6.45) is 1.82. The Morgan fingerprint density at radius 1 is 1.10 bits per heavy atom. The Morgan fingerprint density at radius 2 is 1.97 bits per heavy atom. The van der Waals surface area contributed by atoms with Gasteiger partial charge in [0, 0.05) is 55.4 Å². The summed E-state index contributed by atoms with van der Waals surface area (Å²) in [7, 11) is 0. The highest BCUT2D eigenvalue weighted by molar-refractivity contribution is 6.03. The molecule has 1 saturated heterocycles. The van der Waals surface area contributed by atoms with E-state index in [2.05, 4.69) is 48.2 Å². The van der Waals surface area contributed by atoms with Gasteiger partial charge in [-0.25, -0.2) is 0 Å². The number of benzene rings is 2. The van der Waals surface area contributed by atoms with Crippen LogP contribution >= 0.6 is 0 Å². The van der Waals surface area contributed by atoms with Crippen molar-refractivity contribution in [2.24, 2.45) is 11.7 Å². The molecule has 5 rings (SSSR count). The minimum Gasteiger partial charge on any atom is -0.369 e. The molecule has 0 radical (unpaired) electrons. The predicted octanol–water partition coefficient (Wildman–Crippen LogP) is 3.61. The second kappa shape index (κ2) is 7.73. The van der Waals surface area contributed by atoms with E-state index < -0.39 is 0 Å². The Kier molecular flexibility index (Phi) is 4.91. The van der Waals surface area contributed by atoms with E-state index in [1.54, 1.807) is 0 Å². The normalized spacial score (nSPS) is 21.3. The summed E-state index contributed by atoms with van der Waals surface area (Å²) in [4.78, 5) is 22.3. The van der Waals surface area contributed by atoms with Gasteiger partial charge < -0.3 is 15.5 Å². The van der Waals surface area contributed by atoms with Crippen LogP contribution in [0.15, 0.2) is 54.6 Å². The largest absolute Gasteiger partial charge is 0.369 e. The molecule has 3 aromatic rings. The van der Waals surface area contributed by atoms with E-state index in [4.69, 9.17) is 10.7 Å². The van der Waals surface area contributed by atoms with Crippen LogP contribution in [0.4, 0.5) is 5.69 Å². The van der Waals surface area contributed by atoms with Crippen molar-refractivity contribution in [1.82, 2.24) is 9.88 Å². The smallest absolute Gasteiger partial charge is 0.256 e. The summed E-state index contributed by atoms with van der Waals surface area (Å²) >= 11 is 0. The maximum Gasteiger partial charge on any atom is 0.256 e. The van der Waals surface area contributed by atoms with Crippen molar-refractivity contribution >= 4 is 22.5 Å². The third-order valence-corrected chi connectivity index (χ3v) is 6.64. The number of amides is 1. The number of rotatable bonds is 4. The van der Waals surface area contributed by atoms with Crippen LogP contribution in [-0.4, -0.2) is 41.5 Å². The molecule has 2 aliphatic rings. The minimum atomic E-state index is 0.133. The van der Waals surface area contributed by atoms with Crippen LogP contribution in [-0.2, 0) is 13.0 Å². The van der Waals surface area contributed by atoms with E-state index >= 15 is 0 Å². The fourth-order valence-corrected chi connectivity index (χ4v) is 4.66. The fourth-order valence-electron chi connectivity index (χ4n) is 4.66. The number of para-hydroxylation sites is 1. The molecule has 2 atom stereocenters. The van der Waals surface area contributed by atoms with Gasteiger partial charge in [-0.1, -0.05) is 43.3 Å². The molecule has 5 nitrogen and oxygen atoms in total. The van der Waals surface area contributed by atoms with Crippen molar-refractivity contribution in [3.05, 3.63) is 71.4 Å².